The summed E-state index contributed by atoms with van der Waals surface area (Å²) in [6.07, 6.45) is 5.48. The van der Waals surface area contributed by atoms with Crippen molar-refractivity contribution < 1.29 is 0 Å². The summed E-state index contributed by atoms with van der Waals surface area (Å²) in [6.45, 7) is 4.17. The van der Waals surface area contributed by atoms with Crippen LogP contribution in [0.15, 0.2) is 0 Å². The second-order valence-corrected chi connectivity index (χ2v) is 5.66. The van der Waals surface area contributed by atoms with Gasteiger partial charge in [0, 0.05) is 15.6 Å². The van der Waals surface area contributed by atoms with E-state index in [2.05, 4.69) is 6.92 Å². The first-order chi connectivity index (χ1) is 5.27. The predicted octanol–water partition coefficient (Wildman–Crippen LogP) is 1.92. The number of hydrogen-bond acceptors (Lipinski definition) is 1. The van der Waals surface area contributed by atoms with Crippen molar-refractivity contribution in [1.29, 1.82) is 0 Å². The second kappa shape index (κ2) is 8.28. The van der Waals surface area contributed by atoms with E-state index in [0.717, 1.165) is 6.42 Å². The van der Waals surface area contributed by atoms with Crippen LogP contribution in [0.2, 0.25) is 12.1 Å². The molecule has 1 unspecified atom stereocenters. The summed E-state index contributed by atoms with van der Waals surface area (Å²) >= 11 is 0. The standard InChI is InChI=1S/C5H13N.C4H10Si/c1-3-4-5(2)6;1-2-4-5-3-1/h5H,3-4,6H2,1-2H3;1-5H2. The summed E-state index contributed by atoms with van der Waals surface area (Å²) < 4.78 is 0. The Bertz CT molecular complexity index is 62.4. The predicted molar refractivity (Wildman–Crippen MR) is 55.9 cm³/mol. The third-order valence-corrected chi connectivity index (χ3v) is 3.99. The third kappa shape index (κ3) is 10.2. The van der Waals surface area contributed by atoms with Crippen molar-refractivity contribution in [3.63, 3.8) is 0 Å². The lowest BCUT2D eigenvalue weighted by Crippen LogP contribution is -2.13. The molecular formula is C9H23NSi. The number of rotatable bonds is 2. The maximum Gasteiger partial charge on any atom is 0.0197 e. The maximum absolute atomic E-state index is 5.40. The van der Waals surface area contributed by atoms with Gasteiger partial charge in [0.2, 0.25) is 0 Å². The molecule has 1 aliphatic heterocycles. The number of hydrogen-bond donors (Lipinski definition) is 1. The summed E-state index contributed by atoms with van der Waals surface area (Å²) in [5.74, 6) is 0. The Morgan fingerprint density at radius 3 is 2.00 bits per heavy atom. The fourth-order valence-corrected chi connectivity index (χ4v) is 3.11. The average molecular weight is 173 g/mol. The first-order valence-electron chi connectivity index (χ1n) is 5.03. The fraction of sp³-hybridized carbons (Fsp3) is 1.00. The lowest BCUT2D eigenvalue weighted by molar-refractivity contribution is 0.653. The Labute approximate surface area is 73.6 Å². The molecule has 0 amide bonds. The zero-order chi connectivity index (χ0) is 8.53. The van der Waals surface area contributed by atoms with Crippen LogP contribution in [-0.4, -0.2) is 15.6 Å². The minimum atomic E-state index is 0.398. The van der Waals surface area contributed by atoms with E-state index in [9.17, 15) is 0 Å². The van der Waals surface area contributed by atoms with E-state index in [1.54, 1.807) is 24.9 Å². The van der Waals surface area contributed by atoms with Gasteiger partial charge in [-0.3, -0.25) is 0 Å². The largest absolute Gasteiger partial charge is 0.328 e. The molecule has 0 aromatic heterocycles. The molecule has 0 bridgehead atoms. The Balaban J connectivity index is 0.000000183. The Morgan fingerprint density at radius 2 is 1.91 bits per heavy atom. The summed E-state index contributed by atoms with van der Waals surface area (Å²) in [6, 6.07) is 3.68. The molecule has 0 radical (unpaired) electrons. The van der Waals surface area contributed by atoms with Crippen LogP contribution < -0.4 is 5.73 Å². The Hall–Kier alpha value is 0.177. The van der Waals surface area contributed by atoms with Gasteiger partial charge in [-0.15, -0.1) is 0 Å². The second-order valence-electron chi connectivity index (χ2n) is 3.53. The van der Waals surface area contributed by atoms with Crippen LogP contribution in [0.1, 0.15) is 39.5 Å². The van der Waals surface area contributed by atoms with Crippen molar-refractivity contribution in [1.82, 2.24) is 0 Å². The molecular weight excluding hydrogens is 150 g/mol. The van der Waals surface area contributed by atoms with Crippen molar-refractivity contribution in [3.05, 3.63) is 0 Å². The summed E-state index contributed by atoms with van der Waals surface area (Å²) in [7, 11) is 0.543. The quantitative estimate of drug-likeness (QED) is 0.634. The molecule has 1 aliphatic rings. The molecule has 0 spiro atoms. The van der Waals surface area contributed by atoms with Crippen LogP contribution in [0.25, 0.3) is 0 Å². The van der Waals surface area contributed by atoms with E-state index >= 15 is 0 Å². The lowest BCUT2D eigenvalue weighted by Gasteiger charge is -1.96. The monoisotopic (exact) mass is 173 g/mol. The van der Waals surface area contributed by atoms with Crippen molar-refractivity contribution in [3.8, 4) is 0 Å². The van der Waals surface area contributed by atoms with Crippen LogP contribution in [0, 0.1) is 0 Å². The minimum Gasteiger partial charge on any atom is -0.328 e. The van der Waals surface area contributed by atoms with Crippen molar-refractivity contribution in [2.24, 2.45) is 5.73 Å². The lowest BCUT2D eigenvalue weighted by atomic mass is 10.2. The first-order valence-corrected chi connectivity index (χ1v) is 7.03. The molecule has 1 atom stereocenters. The van der Waals surface area contributed by atoms with E-state index in [4.69, 9.17) is 5.73 Å². The van der Waals surface area contributed by atoms with Gasteiger partial charge in [0.05, 0.1) is 0 Å². The van der Waals surface area contributed by atoms with Gasteiger partial charge < -0.3 is 5.73 Å². The fourth-order valence-electron chi connectivity index (χ4n) is 1.34. The molecule has 0 aliphatic carbocycles. The highest BCUT2D eigenvalue weighted by Crippen LogP contribution is 2.09. The van der Waals surface area contributed by atoms with Crippen LogP contribution in [0.4, 0.5) is 0 Å². The van der Waals surface area contributed by atoms with Gasteiger partial charge in [-0.05, 0) is 13.3 Å². The van der Waals surface area contributed by atoms with Crippen molar-refractivity contribution >= 4 is 9.52 Å². The highest BCUT2D eigenvalue weighted by Gasteiger charge is 1.96. The molecule has 1 rings (SSSR count). The summed E-state index contributed by atoms with van der Waals surface area (Å²) in [4.78, 5) is 0. The molecule has 1 nitrogen and oxygen atoms in total. The van der Waals surface area contributed by atoms with Crippen molar-refractivity contribution in [2.45, 2.75) is 57.7 Å². The van der Waals surface area contributed by atoms with E-state index in [1.165, 1.54) is 6.42 Å². The molecule has 2 heteroatoms. The summed E-state index contributed by atoms with van der Waals surface area (Å²) in [5, 5.41) is 0. The van der Waals surface area contributed by atoms with Gasteiger partial charge in [0.1, 0.15) is 0 Å². The Kier molecular flexibility index (Phi) is 8.41. The van der Waals surface area contributed by atoms with E-state index in [1.807, 2.05) is 6.92 Å². The first kappa shape index (κ1) is 11.2. The molecule has 1 heterocycles. The molecule has 0 aromatic rings. The van der Waals surface area contributed by atoms with Crippen LogP contribution >= 0.6 is 0 Å². The maximum atomic E-state index is 5.40. The van der Waals surface area contributed by atoms with E-state index < -0.39 is 0 Å². The van der Waals surface area contributed by atoms with Crippen molar-refractivity contribution in [2.75, 3.05) is 0 Å². The van der Waals surface area contributed by atoms with Gasteiger partial charge in [0.15, 0.2) is 0 Å². The molecule has 68 valence electrons. The smallest absolute Gasteiger partial charge is 0.0197 e. The third-order valence-electron chi connectivity index (χ3n) is 1.99. The molecule has 2 N–H and O–H groups in total. The van der Waals surface area contributed by atoms with Crippen LogP contribution in [-0.2, 0) is 0 Å². The van der Waals surface area contributed by atoms with Gasteiger partial charge in [0.25, 0.3) is 0 Å². The van der Waals surface area contributed by atoms with Gasteiger partial charge in [-0.2, -0.15) is 0 Å². The van der Waals surface area contributed by atoms with Crippen LogP contribution in [0.5, 0.6) is 0 Å². The highest BCUT2D eigenvalue weighted by molar-refractivity contribution is 6.36. The molecule has 1 saturated heterocycles. The normalized spacial score (nSPS) is 18.8. The SMILES string of the molecule is C1CC[SiH2]C1.CCCC(C)N. The minimum absolute atomic E-state index is 0.398. The van der Waals surface area contributed by atoms with E-state index in [-0.39, 0.29) is 0 Å². The zero-order valence-electron chi connectivity index (χ0n) is 8.10. The van der Waals surface area contributed by atoms with Crippen LogP contribution in [0.3, 0.4) is 0 Å². The molecule has 1 fully saturated rings. The van der Waals surface area contributed by atoms with Gasteiger partial charge in [-0.1, -0.05) is 38.3 Å². The molecule has 0 aromatic carbocycles. The molecule has 0 saturated carbocycles. The molecule has 11 heavy (non-hydrogen) atoms. The van der Waals surface area contributed by atoms with Gasteiger partial charge in [-0.25, -0.2) is 0 Å². The average Bonchev–Trinajstić information content (AvgIpc) is 2.41. The van der Waals surface area contributed by atoms with Gasteiger partial charge >= 0.3 is 0 Å². The summed E-state index contributed by atoms with van der Waals surface area (Å²) in [5.41, 5.74) is 5.40. The topological polar surface area (TPSA) is 26.0 Å². The Morgan fingerprint density at radius 1 is 1.36 bits per heavy atom. The zero-order valence-corrected chi connectivity index (χ0v) is 9.52. The van der Waals surface area contributed by atoms with E-state index in [0.29, 0.717) is 15.6 Å². The number of nitrogens with two attached hydrogens (primary N) is 1. The highest BCUT2D eigenvalue weighted by atomic mass is 28.2.